The molecule has 114 valence electrons. The van der Waals surface area contributed by atoms with E-state index in [4.69, 9.17) is 5.73 Å². The van der Waals surface area contributed by atoms with Gasteiger partial charge in [-0.05, 0) is 12.8 Å². The summed E-state index contributed by atoms with van der Waals surface area (Å²) < 4.78 is 4.27. The Hall–Kier alpha value is -2.09. The number of fused-ring (bicyclic) bond motifs is 1. The summed E-state index contributed by atoms with van der Waals surface area (Å²) >= 11 is 0. The predicted molar refractivity (Wildman–Crippen MR) is 80.6 cm³/mol. The monoisotopic (exact) mass is 292 g/mol. The zero-order valence-electron chi connectivity index (χ0n) is 12.5. The molecule has 2 N–H and O–H groups in total. The Bertz CT molecular complexity index is 815. The van der Waals surface area contributed by atoms with E-state index in [1.165, 1.54) is 11.6 Å². The van der Waals surface area contributed by atoms with Crippen molar-refractivity contribution >= 4 is 17.1 Å². The van der Waals surface area contributed by atoms with E-state index in [0.717, 1.165) is 24.0 Å². The minimum absolute atomic E-state index is 0.116. The molecule has 0 saturated carbocycles. The van der Waals surface area contributed by atoms with Crippen LogP contribution in [0.5, 0.6) is 0 Å². The van der Waals surface area contributed by atoms with Crippen molar-refractivity contribution in [2.45, 2.75) is 18.9 Å². The van der Waals surface area contributed by atoms with Crippen LogP contribution in [0.1, 0.15) is 12.8 Å². The summed E-state index contributed by atoms with van der Waals surface area (Å²) in [6.07, 6.45) is 2.00. The molecule has 1 atom stereocenters. The Balaban J connectivity index is 2.25. The summed E-state index contributed by atoms with van der Waals surface area (Å²) in [5, 5.41) is 0. The molecule has 0 amide bonds. The van der Waals surface area contributed by atoms with Crippen LogP contribution in [0.3, 0.4) is 0 Å². The maximum atomic E-state index is 12.3. The average molecular weight is 292 g/mol. The Labute approximate surface area is 121 Å². The standard InChI is InChI=1S/C13H20N6O2/c1-16-9-10(17(2)13(21)18(3)11(9)20)15-12(16)19-6-4-5-8(14)7-19/h8H,4-7,14H2,1-3H3. The van der Waals surface area contributed by atoms with Crippen molar-refractivity contribution in [3.05, 3.63) is 20.8 Å². The molecule has 8 nitrogen and oxygen atoms in total. The number of piperidine rings is 1. The van der Waals surface area contributed by atoms with Crippen LogP contribution in [0.2, 0.25) is 0 Å². The SMILES string of the molecule is Cn1c(=O)c2c(nc(N3CCCC(N)C3)n2C)n(C)c1=O. The van der Waals surface area contributed by atoms with E-state index in [1.807, 2.05) is 0 Å². The lowest BCUT2D eigenvalue weighted by atomic mass is 10.1. The average Bonchev–Trinajstić information content (AvgIpc) is 2.81. The fourth-order valence-corrected chi connectivity index (χ4v) is 2.98. The van der Waals surface area contributed by atoms with Crippen molar-refractivity contribution in [3.8, 4) is 0 Å². The summed E-state index contributed by atoms with van der Waals surface area (Å²) in [7, 11) is 4.91. The van der Waals surface area contributed by atoms with Gasteiger partial charge in [-0.3, -0.25) is 13.9 Å². The van der Waals surface area contributed by atoms with Gasteiger partial charge in [-0.2, -0.15) is 4.98 Å². The molecule has 0 bridgehead atoms. The van der Waals surface area contributed by atoms with Crippen molar-refractivity contribution in [1.29, 1.82) is 0 Å². The van der Waals surface area contributed by atoms with E-state index >= 15 is 0 Å². The first kappa shape index (κ1) is 13.9. The molecule has 2 aromatic rings. The smallest absolute Gasteiger partial charge is 0.332 e. The third-order valence-corrected chi connectivity index (χ3v) is 4.19. The van der Waals surface area contributed by atoms with Crippen molar-refractivity contribution < 1.29 is 0 Å². The van der Waals surface area contributed by atoms with Gasteiger partial charge in [0.15, 0.2) is 11.2 Å². The van der Waals surface area contributed by atoms with E-state index in [-0.39, 0.29) is 17.3 Å². The second-order valence-electron chi connectivity index (χ2n) is 5.70. The molecule has 1 fully saturated rings. The molecule has 1 aliphatic heterocycles. The van der Waals surface area contributed by atoms with E-state index in [1.54, 1.807) is 18.7 Å². The normalized spacial score (nSPS) is 19.4. The molecule has 0 radical (unpaired) electrons. The number of nitrogens with two attached hydrogens (primary N) is 1. The van der Waals surface area contributed by atoms with E-state index in [9.17, 15) is 9.59 Å². The molecule has 1 aliphatic rings. The van der Waals surface area contributed by atoms with Crippen LogP contribution in [-0.4, -0.2) is 37.8 Å². The second kappa shape index (κ2) is 4.73. The number of imidazole rings is 1. The number of hydrogen-bond acceptors (Lipinski definition) is 5. The molecule has 1 saturated heterocycles. The van der Waals surface area contributed by atoms with Crippen molar-refractivity contribution in [3.63, 3.8) is 0 Å². The van der Waals surface area contributed by atoms with Gasteiger partial charge in [0.25, 0.3) is 5.56 Å². The highest BCUT2D eigenvalue weighted by atomic mass is 16.2. The largest absolute Gasteiger partial charge is 0.341 e. The van der Waals surface area contributed by atoms with Crippen LogP contribution < -0.4 is 21.9 Å². The van der Waals surface area contributed by atoms with Crippen LogP contribution in [0.4, 0.5) is 5.95 Å². The van der Waals surface area contributed by atoms with E-state index < -0.39 is 0 Å². The lowest BCUT2D eigenvalue weighted by molar-refractivity contribution is 0.497. The van der Waals surface area contributed by atoms with E-state index in [2.05, 4.69) is 9.88 Å². The summed E-state index contributed by atoms with van der Waals surface area (Å²) in [6.45, 7) is 1.57. The fraction of sp³-hybridized carbons (Fsp3) is 0.615. The van der Waals surface area contributed by atoms with Gasteiger partial charge in [0.05, 0.1) is 0 Å². The summed E-state index contributed by atoms with van der Waals surface area (Å²) in [5.74, 6) is 0.693. The first-order chi connectivity index (χ1) is 9.91. The Kier molecular flexibility index (Phi) is 3.12. The molecule has 8 heteroatoms. The predicted octanol–water partition coefficient (Wildman–Crippen LogP) is -1.10. The van der Waals surface area contributed by atoms with Crippen LogP contribution in [0, 0.1) is 0 Å². The summed E-state index contributed by atoms with van der Waals surface area (Å²) in [4.78, 5) is 30.9. The molecule has 0 aromatic carbocycles. The molecular formula is C13H20N6O2. The first-order valence-corrected chi connectivity index (χ1v) is 7.04. The molecule has 0 aliphatic carbocycles. The van der Waals surface area contributed by atoms with Gasteiger partial charge >= 0.3 is 5.69 Å². The van der Waals surface area contributed by atoms with E-state index in [0.29, 0.717) is 23.7 Å². The molecule has 1 unspecified atom stereocenters. The van der Waals surface area contributed by atoms with Gasteiger partial charge in [-0.15, -0.1) is 0 Å². The van der Waals surface area contributed by atoms with Gasteiger partial charge in [0, 0.05) is 40.3 Å². The van der Waals surface area contributed by atoms with Gasteiger partial charge in [-0.25, -0.2) is 4.79 Å². The minimum Gasteiger partial charge on any atom is -0.341 e. The minimum atomic E-state index is -0.368. The second-order valence-corrected chi connectivity index (χ2v) is 5.70. The van der Waals surface area contributed by atoms with Crippen molar-refractivity contribution in [1.82, 2.24) is 18.7 Å². The Morgan fingerprint density at radius 1 is 1.14 bits per heavy atom. The zero-order chi connectivity index (χ0) is 15.3. The third-order valence-electron chi connectivity index (χ3n) is 4.19. The van der Waals surface area contributed by atoms with Gasteiger partial charge in [-0.1, -0.05) is 0 Å². The number of rotatable bonds is 1. The van der Waals surface area contributed by atoms with Crippen LogP contribution in [0.15, 0.2) is 9.59 Å². The highest BCUT2D eigenvalue weighted by molar-refractivity contribution is 5.74. The molecular weight excluding hydrogens is 272 g/mol. The molecule has 0 spiro atoms. The summed E-state index contributed by atoms with van der Waals surface area (Å²) in [5.41, 5.74) is 6.18. The third kappa shape index (κ3) is 1.98. The van der Waals surface area contributed by atoms with Crippen molar-refractivity contribution in [2.75, 3.05) is 18.0 Å². The first-order valence-electron chi connectivity index (χ1n) is 7.04. The quantitative estimate of drug-likeness (QED) is 0.720. The number of nitrogens with zero attached hydrogens (tertiary/aromatic N) is 5. The van der Waals surface area contributed by atoms with Gasteiger partial charge < -0.3 is 15.2 Å². The Morgan fingerprint density at radius 2 is 1.86 bits per heavy atom. The molecule has 3 heterocycles. The topological polar surface area (TPSA) is 91.1 Å². The highest BCUT2D eigenvalue weighted by Crippen LogP contribution is 2.21. The van der Waals surface area contributed by atoms with Crippen molar-refractivity contribution in [2.24, 2.45) is 26.9 Å². The van der Waals surface area contributed by atoms with Gasteiger partial charge in [0.2, 0.25) is 5.95 Å². The number of aryl methyl sites for hydroxylation is 2. The lowest BCUT2D eigenvalue weighted by Gasteiger charge is -2.31. The number of hydrogen-bond donors (Lipinski definition) is 1. The molecule has 3 rings (SSSR count). The number of anilines is 1. The van der Waals surface area contributed by atoms with Crippen LogP contribution in [-0.2, 0) is 21.1 Å². The maximum Gasteiger partial charge on any atom is 0.332 e. The molecule has 21 heavy (non-hydrogen) atoms. The van der Waals surface area contributed by atoms with Crippen LogP contribution >= 0.6 is 0 Å². The van der Waals surface area contributed by atoms with Gasteiger partial charge in [0.1, 0.15) is 0 Å². The Morgan fingerprint density at radius 3 is 2.52 bits per heavy atom. The fourth-order valence-electron chi connectivity index (χ4n) is 2.98. The zero-order valence-corrected chi connectivity index (χ0v) is 12.5. The lowest BCUT2D eigenvalue weighted by Crippen LogP contribution is -2.43. The highest BCUT2D eigenvalue weighted by Gasteiger charge is 2.24. The van der Waals surface area contributed by atoms with Crippen LogP contribution in [0.25, 0.3) is 11.2 Å². The number of aromatic nitrogens is 4. The summed E-state index contributed by atoms with van der Waals surface area (Å²) in [6, 6.07) is 0.116. The molecule has 2 aromatic heterocycles. The maximum absolute atomic E-state index is 12.3.